The fourth-order valence-electron chi connectivity index (χ4n) is 4.33. The summed E-state index contributed by atoms with van der Waals surface area (Å²) in [5, 5.41) is 7.43. The second-order valence-electron chi connectivity index (χ2n) is 9.62. The Morgan fingerprint density at radius 2 is 1.95 bits per heavy atom. The Balaban J connectivity index is 0.000000207. The molecule has 0 atom stereocenters. The number of nitrogens with zero attached hydrogens (tertiary/aromatic N) is 4. The maximum absolute atomic E-state index is 12.0. The molecule has 0 unspecified atom stereocenters. The average molecular weight is 575 g/mol. The fraction of sp³-hybridized carbons (Fsp3) is 0.182. The van der Waals surface area contributed by atoms with Crippen LogP contribution in [-0.2, 0) is 11.2 Å². The van der Waals surface area contributed by atoms with E-state index in [1.165, 1.54) is 0 Å². The number of fused-ring (bicyclic) bond motifs is 2. The fourth-order valence-corrected chi connectivity index (χ4v) is 4.33. The summed E-state index contributed by atoms with van der Waals surface area (Å²) < 4.78 is 11.4. The predicted molar refractivity (Wildman–Crippen MR) is 163 cm³/mol. The molecule has 216 valence electrons. The highest BCUT2D eigenvalue weighted by atomic mass is 16.5. The number of H-pyrrole nitrogens is 1. The molecule has 3 heterocycles. The number of rotatable bonds is 6. The second kappa shape index (κ2) is 13.8. The lowest BCUT2D eigenvalue weighted by Crippen LogP contribution is -2.25. The molecule has 0 bridgehead atoms. The van der Waals surface area contributed by atoms with Crippen LogP contribution < -0.4 is 20.1 Å². The van der Waals surface area contributed by atoms with Crippen molar-refractivity contribution in [2.75, 3.05) is 25.2 Å². The van der Waals surface area contributed by atoms with Gasteiger partial charge in [-0.25, -0.2) is 4.98 Å². The van der Waals surface area contributed by atoms with Gasteiger partial charge in [0.1, 0.15) is 17.3 Å². The van der Waals surface area contributed by atoms with E-state index < -0.39 is 5.91 Å². The zero-order chi connectivity index (χ0) is 30.0. The van der Waals surface area contributed by atoms with Gasteiger partial charge in [0.2, 0.25) is 11.7 Å². The lowest BCUT2D eigenvalue weighted by atomic mass is 10.1. The quantitative estimate of drug-likeness (QED) is 0.228. The first kappa shape index (κ1) is 28.8. The Bertz CT molecular complexity index is 1790. The van der Waals surface area contributed by atoms with E-state index in [-0.39, 0.29) is 11.7 Å². The third kappa shape index (κ3) is 7.74. The minimum Gasteiger partial charge on any atom is -0.493 e. The molecular weight excluding hydrogens is 544 g/mol. The van der Waals surface area contributed by atoms with Crippen LogP contribution in [0.4, 0.5) is 5.69 Å². The molecule has 3 N–H and O–H groups in total. The van der Waals surface area contributed by atoms with E-state index in [9.17, 15) is 9.59 Å². The number of pyridine rings is 1. The molecule has 1 aliphatic heterocycles. The van der Waals surface area contributed by atoms with Crippen LogP contribution in [0.3, 0.4) is 0 Å². The number of ether oxygens (including phenoxy) is 2. The number of hydrogen-bond acceptors (Lipinski definition) is 7. The van der Waals surface area contributed by atoms with Crippen molar-refractivity contribution in [2.24, 2.45) is 5.73 Å². The standard InChI is InChI=1S/C23H20N2O3.C10H10N4O/c1-25-21-15-17(7-10-22(21)28-14-11-23(25)26)5-2-3-13-27-19-8-9-20-18(16-19)6-4-12-24-20;11-9(15)10-12-8(13-14-10)6-7-4-2-1-3-5-7/h4,6-10,12,15-16H,3,11,13-14H2,1H3;1-5H,6H2,(H2,11,15)(H,12,13,14). The number of hydrogen-bond donors (Lipinski definition) is 2. The van der Waals surface area contributed by atoms with Crippen LogP contribution in [-0.4, -0.2) is 52.2 Å². The van der Waals surface area contributed by atoms with E-state index in [4.69, 9.17) is 15.2 Å². The average Bonchev–Trinajstić information content (AvgIpc) is 3.45. The van der Waals surface area contributed by atoms with Crippen molar-refractivity contribution in [3.8, 4) is 23.3 Å². The smallest absolute Gasteiger partial charge is 0.288 e. The number of benzene rings is 3. The predicted octanol–water partition coefficient (Wildman–Crippen LogP) is 4.30. The van der Waals surface area contributed by atoms with Crippen LogP contribution in [0.5, 0.6) is 11.5 Å². The summed E-state index contributed by atoms with van der Waals surface area (Å²) in [6, 6.07) is 25.2. The Hall–Kier alpha value is -5.69. The third-order valence-electron chi connectivity index (χ3n) is 6.54. The molecule has 10 heteroatoms. The van der Waals surface area contributed by atoms with Gasteiger partial charge in [-0.2, -0.15) is 0 Å². The highest BCUT2D eigenvalue weighted by Crippen LogP contribution is 2.31. The van der Waals surface area contributed by atoms with E-state index in [1.807, 2.05) is 78.9 Å². The van der Waals surface area contributed by atoms with Crippen molar-refractivity contribution in [3.63, 3.8) is 0 Å². The van der Waals surface area contributed by atoms with Crippen LogP contribution >= 0.6 is 0 Å². The van der Waals surface area contributed by atoms with Gasteiger partial charge in [0, 0.05) is 37.0 Å². The van der Waals surface area contributed by atoms with Gasteiger partial charge in [-0.3, -0.25) is 19.7 Å². The highest BCUT2D eigenvalue weighted by molar-refractivity contribution is 5.95. The molecule has 10 nitrogen and oxygen atoms in total. The number of nitrogens with two attached hydrogens (primary N) is 1. The van der Waals surface area contributed by atoms with Crippen LogP contribution in [0, 0.1) is 11.8 Å². The first-order chi connectivity index (χ1) is 21.0. The maximum Gasteiger partial charge on any atom is 0.288 e. The van der Waals surface area contributed by atoms with E-state index in [0.717, 1.165) is 33.5 Å². The van der Waals surface area contributed by atoms with Crippen molar-refractivity contribution in [1.82, 2.24) is 20.2 Å². The minimum atomic E-state index is -0.620. The molecule has 0 aliphatic carbocycles. The molecule has 0 saturated carbocycles. The Labute approximate surface area is 248 Å². The van der Waals surface area contributed by atoms with Gasteiger partial charge < -0.3 is 20.1 Å². The van der Waals surface area contributed by atoms with Crippen LogP contribution in [0.25, 0.3) is 10.9 Å². The normalized spacial score (nSPS) is 12.1. The van der Waals surface area contributed by atoms with Gasteiger partial charge in [0.25, 0.3) is 5.91 Å². The second-order valence-corrected chi connectivity index (χ2v) is 9.62. The maximum atomic E-state index is 12.0. The lowest BCUT2D eigenvalue weighted by molar-refractivity contribution is -0.118. The molecule has 0 saturated heterocycles. The summed E-state index contributed by atoms with van der Waals surface area (Å²) >= 11 is 0. The number of primary amides is 1. The minimum absolute atomic E-state index is 0.0286. The summed E-state index contributed by atoms with van der Waals surface area (Å²) in [6.07, 6.45) is 3.38. The third-order valence-corrected chi connectivity index (χ3v) is 6.54. The van der Waals surface area contributed by atoms with Crippen molar-refractivity contribution in [1.29, 1.82) is 0 Å². The van der Waals surface area contributed by atoms with E-state index >= 15 is 0 Å². The van der Waals surface area contributed by atoms with Gasteiger partial charge in [-0.05, 0) is 48.0 Å². The molecule has 2 aromatic heterocycles. The number of nitrogens with one attached hydrogen (secondary N) is 1. The number of aromatic amines is 1. The molecule has 0 spiro atoms. The molecule has 1 aliphatic rings. The largest absolute Gasteiger partial charge is 0.493 e. The van der Waals surface area contributed by atoms with Gasteiger partial charge in [-0.15, -0.1) is 5.10 Å². The first-order valence-electron chi connectivity index (χ1n) is 13.7. The molecule has 2 amide bonds. The Morgan fingerprint density at radius 3 is 2.77 bits per heavy atom. The SMILES string of the molecule is CN1C(=O)CCOc2ccc(C#CCCOc3ccc4ncccc4c3)cc21.NC(=O)c1n[nH]c(Cc2ccccc2)n1. The molecule has 0 radical (unpaired) electrons. The zero-order valence-electron chi connectivity index (χ0n) is 23.6. The van der Waals surface area contributed by atoms with Crippen molar-refractivity contribution >= 4 is 28.4 Å². The molecule has 43 heavy (non-hydrogen) atoms. The van der Waals surface area contributed by atoms with Gasteiger partial charge in [0.15, 0.2) is 0 Å². The number of carbonyl (C=O) groups excluding carboxylic acids is 2. The molecule has 3 aromatic carbocycles. The van der Waals surface area contributed by atoms with Gasteiger partial charge in [0.05, 0.1) is 30.8 Å². The molecule has 5 aromatic rings. The lowest BCUT2D eigenvalue weighted by Gasteiger charge is -2.16. The summed E-state index contributed by atoms with van der Waals surface area (Å²) in [5.74, 6) is 7.87. The summed E-state index contributed by atoms with van der Waals surface area (Å²) in [4.78, 5) is 32.6. The Morgan fingerprint density at radius 1 is 1.09 bits per heavy atom. The molecule has 6 rings (SSSR count). The van der Waals surface area contributed by atoms with Gasteiger partial charge in [-0.1, -0.05) is 48.2 Å². The van der Waals surface area contributed by atoms with Crippen LogP contribution in [0.1, 0.15) is 40.4 Å². The number of amides is 2. The number of carbonyl (C=O) groups is 2. The van der Waals surface area contributed by atoms with Crippen LogP contribution in [0.2, 0.25) is 0 Å². The summed E-state index contributed by atoms with van der Waals surface area (Å²) in [5.41, 5.74) is 8.69. The van der Waals surface area contributed by atoms with Crippen LogP contribution in [0.15, 0.2) is 85.1 Å². The van der Waals surface area contributed by atoms with Gasteiger partial charge >= 0.3 is 0 Å². The van der Waals surface area contributed by atoms with E-state index in [2.05, 4.69) is 32.0 Å². The number of aromatic nitrogens is 4. The molecular formula is C33H30N6O4. The van der Waals surface area contributed by atoms with Crippen molar-refractivity contribution < 1.29 is 19.1 Å². The Kier molecular flexibility index (Phi) is 9.24. The summed E-state index contributed by atoms with van der Waals surface area (Å²) in [6.45, 7) is 0.911. The van der Waals surface area contributed by atoms with E-state index in [0.29, 0.717) is 44.1 Å². The topological polar surface area (TPSA) is 136 Å². The summed E-state index contributed by atoms with van der Waals surface area (Å²) in [7, 11) is 1.76. The monoisotopic (exact) mass is 574 g/mol. The molecule has 0 fully saturated rings. The van der Waals surface area contributed by atoms with Crippen molar-refractivity contribution in [2.45, 2.75) is 19.3 Å². The van der Waals surface area contributed by atoms with Crippen molar-refractivity contribution in [3.05, 3.63) is 108 Å². The first-order valence-corrected chi connectivity index (χ1v) is 13.7. The number of anilines is 1. The van der Waals surface area contributed by atoms with E-state index in [1.54, 1.807) is 18.1 Å². The zero-order valence-corrected chi connectivity index (χ0v) is 23.6. The highest BCUT2D eigenvalue weighted by Gasteiger charge is 2.19.